The van der Waals surface area contributed by atoms with E-state index in [-0.39, 0.29) is 19.4 Å². The quantitative estimate of drug-likeness (QED) is 0.295. The minimum absolute atomic E-state index is 0.0414. The summed E-state index contributed by atoms with van der Waals surface area (Å²) in [5.41, 5.74) is 0.636. The summed E-state index contributed by atoms with van der Waals surface area (Å²) in [4.78, 5) is 39.6. The van der Waals surface area contributed by atoms with Gasteiger partial charge in [-0.1, -0.05) is 0 Å². The number of hydrogen-bond donors (Lipinski definition) is 6. The van der Waals surface area contributed by atoms with E-state index in [1.807, 2.05) is 0 Å². The van der Waals surface area contributed by atoms with Crippen LogP contribution < -0.4 is 10.6 Å². The molecule has 0 aliphatic rings. The van der Waals surface area contributed by atoms with E-state index in [1.54, 1.807) is 0 Å². The topological polar surface area (TPSA) is 165 Å². The highest BCUT2D eigenvalue weighted by atomic mass is 16.4. The van der Waals surface area contributed by atoms with E-state index in [4.69, 9.17) is 15.3 Å². The van der Waals surface area contributed by atoms with Crippen LogP contribution in [-0.4, -0.2) is 67.9 Å². The zero-order valence-electron chi connectivity index (χ0n) is 12.5. The molecule has 0 spiro atoms. The lowest BCUT2D eigenvalue weighted by Gasteiger charge is -2.19. The zero-order valence-corrected chi connectivity index (χ0v) is 12.5. The minimum atomic E-state index is -1.19. The smallest absolute Gasteiger partial charge is 0.321 e. The number of aliphatic carboxylic acids is 3. The molecule has 128 valence electrons. The number of nitrogens with one attached hydrogen (secondary N) is 3. The van der Waals surface area contributed by atoms with E-state index in [2.05, 4.69) is 20.6 Å². The molecule has 0 aromatic carbocycles. The summed E-state index contributed by atoms with van der Waals surface area (Å²) in [5, 5.41) is 32.2. The Kier molecular flexibility index (Phi) is 7.16. The first kappa shape index (κ1) is 18.6. The van der Waals surface area contributed by atoms with Gasteiger partial charge < -0.3 is 25.6 Å². The number of aromatic amines is 1. The third-order valence-electron chi connectivity index (χ3n) is 3.22. The molecule has 23 heavy (non-hydrogen) atoms. The van der Waals surface area contributed by atoms with Gasteiger partial charge in [0, 0.05) is 18.3 Å². The van der Waals surface area contributed by atoms with Crippen LogP contribution >= 0.6 is 0 Å². The van der Waals surface area contributed by atoms with Crippen molar-refractivity contribution >= 4 is 17.9 Å². The van der Waals surface area contributed by atoms with Gasteiger partial charge >= 0.3 is 17.9 Å². The number of rotatable bonds is 11. The van der Waals surface area contributed by atoms with Crippen LogP contribution in [0.1, 0.15) is 19.0 Å². The van der Waals surface area contributed by atoms with Gasteiger partial charge in [-0.25, -0.2) is 4.98 Å². The number of H-pyrrole nitrogens is 1. The van der Waals surface area contributed by atoms with E-state index in [1.165, 1.54) is 19.4 Å². The Balaban J connectivity index is 2.50. The molecule has 10 heteroatoms. The standard InChI is InChI=1S/C13H20N4O6/c1-7(11(18)19)17-9(12(20)21)2-3-15-10(13(22)23)4-8-5-14-6-16-8/h5-7,9-10,15,17H,2-4H2,1H3,(H,14,16)(H,18,19)(H,20,21)(H,22,23)/t7-,9-,10+/m0/s1/i5+1,6+1,8+1. The number of carbonyl (C=O) groups is 3. The Morgan fingerprint density at radius 3 is 2.30 bits per heavy atom. The van der Waals surface area contributed by atoms with Crippen molar-refractivity contribution in [2.24, 2.45) is 0 Å². The van der Waals surface area contributed by atoms with Crippen molar-refractivity contribution in [3.63, 3.8) is 0 Å². The fraction of sp³-hybridized carbons (Fsp3) is 0.538. The number of carboxylic acids is 3. The summed E-state index contributed by atoms with van der Waals surface area (Å²) in [7, 11) is 0. The minimum Gasteiger partial charge on any atom is -0.480 e. The maximum atomic E-state index is 11.2. The number of nitrogens with zero attached hydrogens (tertiary/aromatic N) is 1. The van der Waals surface area contributed by atoms with E-state index < -0.39 is 36.0 Å². The van der Waals surface area contributed by atoms with Crippen molar-refractivity contribution in [2.75, 3.05) is 6.54 Å². The van der Waals surface area contributed by atoms with Crippen molar-refractivity contribution in [3.8, 4) is 0 Å². The Hall–Kier alpha value is -2.46. The van der Waals surface area contributed by atoms with E-state index in [0.29, 0.717) is 5.69 Å². The molecular weight excluding hydrogens is 311 g/mol. The van der Waals surface area contributed by atoms with Gasteiger partial charge in [0.1, 0.15) is 18.1 Å². The van der Waals surface area contributed by atoms with E-state index >= 15 is 0 Å². The highest BCUT2D eigenvalue weighted by Crippen LogP contribution is 2.01. The average Bonchev–Trinajstić information content (AvgIpc) is 2.97. The Labute approximate surface area is 131 Å². The molecular formula is C13H20N4O6. The fourth-order valence-corrected chi connectivity index (χ4v) is 1.92. The first-order valence-electron chi connectivity index (χ1n) is 6.96. The van der Waals surface area contributed by atoms with Crippen LogP contribution in [0.3, 0.4) is 0 Å². The molecule has 0 fully saturated rings. The third kappa shape index (κ3) is 6.45. The second-order valence-electron chi connectivity index (χ2n) is 5.03. The largest absolute Gasteiger partial charge is 0.480 e. The lowest BCUT2D eigenvalue weighted by Crippen LogP contribution is -2.48. The SMILES string of the molecule is C[C@H](N[C@@H](CCN[C@H](C[13c]1[13cH]n[13cH][nH]1)C(=O)O)C(=O)O)C(=O)O. The molecule has 0 amide bonds. The van der Waals surface area contributed by atoms with Crippen molar-refractivity contribution in [1.82, 2.24) is 20.6 Å². The molecule has 0 bridgehead atoms. The van der Waals surface area contributed by atoms with Crippen LogP contribution in [0.5, 0.6) is 0 Å². The normalized spacial score (nSPS) is 14.8. The van der Waals surface area contributed by atoms with Crippen LogP contribution in [-0.2, 0) is 20.8 Å². The first-order chi connectivity index (χ1) is 10.8. The van der Waals surface area contributed by atoms with Crippen molar-refractivity contribution in [3.05, 3.63) is 18.2 Å². The zero-order chi connectivity index (χ0) is 17.4. The van der Waals surface area contributed by atoms with Crippen LogP contribution in [0.2, 0.25) is 0 Å². The maximum Gasteiger partial charge on any atom is 0.321 e. The molecule has 0 aliphatic heterocycles. The summed E-state index contributed by atoms with van der Waals surface area (Å²) in [6.45, 7) is 1.44. The van der Waals surface area contributed by atoms with Crippen LogP contribution in [0.4, 0.5) is 0 Å². The number of carboxylic acid groups (broad SMARTS) is 3. The number of aromatic nitrogens is 2. The number of hydrogen-bond acceptors (Lipinski definition) is 6. The first-order valence-corrected chi connectivity index (χ1v) is 6.96. The predicted octanol–water partition coefficient (Wildman–Crippen LogP) is -1.10. The maximum absolute atomic E-state index is 11.2. The third-order valence-corrected chi connectivity index (χ3v) is 3.22. The summed E-state index contributed by atoms with van der Waals surface area (Å²) in [6, 6.07) is -3.01. The number of imidazole rings is 1. The van der Waals surface area contributed by atoms with Gasteiger partial charge in [0.05, 0.1) is 6.33 Å². The molecule has 3 atom stereocenters. The predicted molar refractivity (Wildman–Crippen MR) is 78.0 cm³/mol. The summed E-state index contributed by atoms with van der Waals surface area (Å²) in [6.07, 6.45) is 3.16. The molecule has 10 nitrogen and oxygen atoms in total. The molecule has 0 saturated heterocycles. The highest BCUT2D eigenvalue weighted by molar-refractivity contribution is 5.77. The molecule has 0 radical (unpaired) electrons. The van der Waals surface area contributed by atoms with Gasteiger partial charge in [-0.3, -0.25) is 19.7 Å². The van der Waals surface area contributed by atoms with E-state index in [9.17, 15) is 14.4 Å². The molecule has 6 N–H and O–H groups in total. The molecule has 0 unspecified atom stereocenters. The highest BCUT2D eigenvalue weighted by Gasteiger charge is 2.24. The van der Waals surface area contributed by atoms with Crippen molar-refractivity contribution in [2.45, 2.75) is 37.9 Å². The molecule has 0 aliphatic carbocycles. The molecule has 1 aromatic heterocycles. The van der Waals surface area contributed by atoms with Gasteiger partial charge in [-0.05, 0) is 19.9 Å². The monoisotopic (exact) mass is 331 g/mol. The van der Waals surface area contributed by atoms with Crippen LogP contribution in [0.15, 0.2) is 12.5 Å². The van der Waals surface area contributed by atoms with Crippen molar-refractivity contribution in [1.29, 1.82) is 0 Å². The summed E-state index contributed by atoms with van der Waals surface area (Å²) >= 11 is 0. The molecule has 1 heterocycles. The van der Waals surface area contributed by atoms with Gasteiger partial charge in [-0.15, -0.1) is 0 Å². The Bertz CT molecular complexity index is 533. The second kappa shape index (κ2) is 8.86. The lowest BCUT2D eigenvalue weighted by molar-refractivity contribution is -0.142. The van der Waals surface area contributed by atoms with Gasteiger partial charge in [0.2, 0.25) is 0 Å². The second-order valence-corrected chi connectivity index (χ2v) is 5.03. The average molecular weight is 331 g/mol. The fourth-order valence-electron chi connectivity index (χ4n) is 1.92. The molecule has 1 aromatic rings. The molecule has 1 rings (SSSR count). The van der Waals surface area contributed by atoms with Gasteiger partial charge in [0.15, 0.2) is 0 Å². The van der Waals surface area contributed by atoms with Gasteiger partial charge in [0.25, 0.3) is 0 Å². The summed E-state index contributed by atoms with van der Waals surface area (Å²) < 4.78 is 0. The lowest BCUT2D eigenvalue weighted by atomic mass is 10.1. The van der Waals surface area contributed by atoms with E-state index in [0.717, 1.165) is 0 Å². The van der Waals surface area contributed by atoms with Crippen LogP contribution in [0, 0.1) is 0 Å². The Morgan fingerprint density at radius 2 is 1.83 bits per heavy atom. The van der Waals surface area contributed by atoms with Crippen molar-refractivity contribution < 1.29 is 29.7 Å². The van der Waals surface area contributed by atoms with Gasteiger partial charge in [-0.2, -0.15) is 0 Å². The summed E-state index contributed by atoms with van der Waals surface area (Å²) in [5.74, 6) is -3.43. The Morgan fingerprint density at radius 1 is 1.17 bits per heavy atom. The molecule has 0 saturated carbocycles. The van der Waals surface area contributed by atoms with Crippen LogP contribution in [0.25, 0.3) is 0 Å².